The van der Waals surface area contributed by atoms with Gasteiger partial charge in [0.25, 0.3) is 0 Å². The van der Waals surface area contributed by atoms with Gasteiger partial charge in [-0.2, -0.15) is 0 Å². The van der Waals surface area contributed by atoms with Crippen LogP contribution in [0.4, 0.5) is 0 Å². The molecule has 7 spiro atoms. The van der Waals surface area contributed by atoms with Gasteiger partial charge in [-0.1, -0.05) is 41.5 Å². The van der Waals surface area contributed by atoms with Crippen LogP contribution >= 0.6 is 0 Å². The fourth-order valence-electron chi connectivity index (χ4n) is 24.1. The highest BCUT2D eigenvalue weighted by molar-refractivity contribution is 5.12. The molecule has 0 N–H and O–H groups in total. The van der Waals surface area contributed by atoms with E-state index in [9.17, 15) is 0 Å². The van der Waals surface area contributed by atoms with Gasteiger partial charge in [-0.05, 0) is 518 Å². The minimum absolute atomic E-state index is 0.351. The Bertz CT molecular complexity index is 2800. The van der Waals surface area contributed by atoms with Gasteiger partial charge in [0.1, 0.15) is 0 Å². The maximum absolute atomic E-state index is 2.69. The lowest BCUT2D eigenvalue weighted by molar-refractivity contribution is -0.167. The van der Waals surface area contributed by atoms with Crippen LogP contribution in [0.1, 0.15) is 412 Å². The minimum atomic E-state index is 0.351. The van der Waals surface area contributed by atoms with Crippen LogP contribution in [0, 0.1) is 60.6 Å². The van der Waals surface area contributed by atoms with E-state index < -0.39 is 0 Å². The number of hydrogen-bond donors (Lipinski definition) is 0. The van der Waals surface area contributed by atoms with Gasteiger partial charge in [-0.3, -0.25) is 53.9 Å². The molecule has 12 saturated heterocycles. The Hall–Kier alpha value is -0.480. The summed E-state index contributed by atoms with van der Waals surface area (Å²) in [5.74, 6) is 1.93. The van der Waals surface area contributed by atoms with E-state index in [-0.39, 0.29) is 0 Å². The average molecular weight is 1680 g/mol. The standard InChI is InChI=1S/C18H35N.C17H34N2.C16H32N2.2C15H30N2.C14H27N.C13H26N2/c1-16(2,3)15-7-9-18(10-8-15)11-13-19(14-12-18)17(4,5)6;1-15(2,3)18-11-7-17(8-12-18)9-13-19(14-10-17)16(4,5)6;1-14(2,3)17-10-7-16(8-11-17)9-12-18(13-16)15(4,5)6;1-13(2,3)16-9-7-15(8-10-16)11-17(12-15)14(4,5)6;1-13(2)16-9-6-15(12-16)7-10-17(11-8-15)14(3,4)5;1-12(2,3)11-7-14(8-11)9-15(10-14)13(4,5)6;1-11(2,3)14-7-13(8-14)9-15(10-13)12(4,5)6/h15H,7-14H2,1-6H3;7-14H2,1-6H3;7-13H2,1-6H3;7-12H2,1-6H3;13H,6-12H2,1-5H3;11H,7-10H2,1-6H3;7-10H2,1-6H3. The van der Waals surface area contributed by atoms with E-state index in [0.29, 0.717) is 104 Å². The maximum atomic E-state index is 2.69. The first-order valence-corrected chi connectivity index (χ1v) is 51.1. The second-order valence-electron chi connectivity index (χ2n) is 57.8. The van der Waals surface area contributed by atoms with Gasteiger partial charge in [0.2, 0.25) is 0 Å². The summed E-state index contributed by atoms with van der Waals surface area (Å²) in [6, 6.07) is 0.732. The second kappa shape index (κ2) is 37.6. The first-order chi connectivity index (χ1) is 54.1. The van der Waals surface area contributed by atoms with Gasteiger partial charge in [0.15, 0.2) is 0 Å². The summed E-state index contributed by atoms with van der Waals surface area (Å²) in [4.78, 5) is 31.9. The third-order valence-electron chi connectivity index (χ3n) is 35.1. The molecule has 12 nitrogen and oxygen atoms in total. The van der Waals surface area contributed by atoms with Gasteiger partial charge >= 0.3 is 0 Å². The molecule has 706 valence electrons. The highest BCUT2D eigenvalue weighted by atomic mass is 15.4. The molecule has 0 aromatic heterocycles. The molecule has 2 saturated carbocycles. The number of nitrogens with zero attached hydrogens (tertiary/aromatic N) is 12. The number of hydrogen-bond acceptors (Lipinski definition) is 12. The third-order valence-corrected chi connectivity index (χ3v) is 35.1. The zero-order valence-corrected chi connectivity index (χ0v) is 89.2. The fraction of sp³-hybridized carbons (Fsp3) is 1.00. The Morgan fingerprint density at radius 2 is 0.358 bits per heavy atom. The Kier molecular flexibility index (Phi) is 32.9. The van der Waals surface area contributed by atoms with E-state index >= 15 is 0 Å². The summed E-state index contributed by atoms with van der Waals surface area (Å²) in [5, 5.41) is 0. The molecular formula is C108H214N12. The van der Waals surface area contributed by atoms with E-state index in [0.717, 1.165) is 23.3 Å². The minimum Gasteiger partial charge on any atom is -0.300 e. The molecule has 12 heterocycles. The molecule has 0 unspecified atom stereocenters. The van der Waals surface area contributed by atoms with Crippen molar-refractivity contribution in [2.45, 2.75) is 479 Å². The molecule has 0 aromatic rings. The van der Waals surface area contributed by atoms with Crippen molar-refractivity contribution in [3.8, 4) is 0 Å². The van der Waals surface area contributed by atoms with E-state index in [2.05, 4.69) is 343 Å². The Morgan fingerprint density at radius 1 is 0.175 bits per heavy atom. The lowest BCUT2D eigenvalue weighted by Gasteiger charge is -2.66. The van der Waals surface area contributed by atoms with Crippen LogP contribution in [0.2, 0.25) is 0 Å². The normalized spacial score (nSPS) is 27.6. The van der Waals surface area contributed by atoms with Gasteiger partial charge in [0, 0.05) is 138 Å². The summed E-state index contributed by atoms with van der Waals surface area (Å²) in [6.45, 7) is 128. The van der Waals surface area contributed by atoms with Gasteiger partial charge in [-0.25, -0.2) is 0 Å². The van der Waals surface area contributed by atoms with Gasteiger partial charge < -0.3 is 4.90 Å². The Labute approximate surface area is 751 Å². The maximum Gasteiger partial charge on any atom is 0.0213 e. The Balaban J connectivity index is 0.000000174. The molecule has 0 bridgehead atoms. The van der Waals surface area contributed by atoms with Crippen LogP contribution in [0.15, 0.2) is 0 Å². The predicted molar refractivity (Wildman–Crippen MR) is 527 cm³/mol. The molecular weight excluding hydrogens is 1470 g/mol. The monoisotopic (exact) mass is 1680 g/mol. The van der Waals surface area contributed by atoms with Crippen molar-refractivity contribution in [2.24, 2.45) is 60.6 Å². The first-order valence-electron chi connectivity index (χ1n) is 51.1. The van der Waals surface area contributed by atoms with Crippen LogP contribution < -0.4 is 0 Å². The molecule has 2 aliphatic carbocycles. The van der Waals surface area contributed by atoms with Crippen molar-refractivity contribution < 1.29 is 0 Å². The van der Waals surface area contributed by atoms with Crippen LogP contribution in [0.5, 0.6) is 0 Å². The lowest BCUT2D eigenvalue weighted by atomic mass is 9.51. The first kappa shape index (κ1) is 105. The molecule has 12 heteroatoms. The highest BCUT2D eigenvalue weighted by Crippen LogP contribution is 2.59. The van der Waals surface area contributed by atoms with Crippen molar-refractivity contribution in [1.29, 1.82) is 0 Å². The summed E-state index contributed by atoms with van der Waals surface area (Å²) < 4.78 is 0. The molecule has 14 fully saturated rings. The molecule has 0 amide bonds. The summed E-state index contributed by atoms with van der Waals surface area (Å²) in [6.07, 6.45) is 28.7. The van der Waals surface area contributed by atoms with Crippen molar-refractivity contribution in [3.05, 3.63) is 0 Å². The van der Waals surface area contributed by atoms with E-state index in [1.54, 1.807) is 0 Å². The van der Waals surface area contributed by atoms with Crippen molar-refractivity contribution in [3.63, 3.8) is 0 Å². The predicted octanol–water partition coefficient (Wildman–Crippen LogP) is 23.9. The largest absolute Gasteiger partial charge is 0.300 e. The van der Waals surface area contributed by atoms with Gasteiger partial charge in [0.05, 0.1) is 0 Å². The topological polar surface area (TPSA) is 38.9 Å². The van der Waals surface area contributed by atoms with Crippen LogP contribution in [-0.4, -0.2) is 283 Å². The molecule has 12 aliphatic heterocycles. The van der Waals surface area contributed by atoms with E-state index in [1.807, 2.05) is 0 Å². The number of piperidine rings is 6. The Morgan fingerprint density at radius 3 is 0.575 bits per heavy atom. The number of rotatable bonds is 1. The highest BCUT2D eigenvalue weighted by Gasteiger charge is 2.58. The van der Waals surface area contributed by atoms with Crippen LogP contribution in [0.3, 0.4) is 0 Å². The number of likely N-dealkylation sites (tertiary alicyclic amines) is 12. The fourth-order valence-corrected chi connectivity index (χ4v) is 24.1. The summed E-state index contributed by atoms with van der Waals surface area (Å²) in [7, 11) is 0. The molecule has 14 aliphatic rings. The van der Waals surface area contributed by atoms with Crippen molar-refractivity contribution >= 4 is 0 Å². The summed E-state index contributed by atoms with van der Waals surface area (Å²) in [5.41, 5.74) is 9.76. The molecule has 0 aromatic carbocycles. The SMILES string of the molecule is CC(C)(C)C1CC2(C1)CN(C(C)(C)C)C2.CC(C)(C)C1CCC2(CC1)CCN(C(C)(C)C)CC2.CC(C)(C)N1CC2(C1)CN(C(C)(C)C)C2.CC(C)(C)N1CCC2(CC1)CCN(C(C)(C)C)C2.CC(C)(C)N1CCC2(CC1)CCN(C(C)(C)C)CC2.CC(C)(C)N1CCC2(CC1)CN(C(C)(C)C)C2.CC(C)N1CCC2(CCN(C(C)(C)C)CC2)C1. The second-order valence-corrected chi connectivity index (χ2v) is 57.8. The van der Waals surface area contributed by atoms with Crippen LogP contribution in [-0.2, 0) is 0 Å². The van der Waals surface area contributed by atoms with Crippen molar-refractivity contribution in [1.82, 2.24) is 58.8 Å². The lowest BCUT2D eigenvalue weighted by Crippen LogP contribution is -2.76. The van der Waals surface area contributed by atoms with E-state index in [1.165, 1.54) is 285 Å². The van der Waals surface area contributed by atoms with Crippen molar-refractivity contribution in [2.75, 3.05) is 157 Å². The molecule has 14 rings (SSSR count). The smallest absolute Gasteiger partial charge is 0.0213 e. The molecule has 0 atom stereocenters. The zero-order chi connectivity index (χ0) is 90.8. The average Bonchev–Trinajstić information content (AvgIpc) is 0.758. The molecule has 0 radical (unpaired) electrons. The van der Waals surface area contributed by atoms with E-state index in [4.69, 9.17) is 0 Å². The van der Waals surface area contributed by atoms with Crippen LogP contribution in [0.25, 0.3) is 0 Å². The third kappa shape index (κ3) is 28.3. The van der Waals surface area contributed by atoms with Gasteiger partial charge in [-0.15, -0.1) is 0 Å². The summed E-state index contributed by atoms with van der Waals surface area (Å²) >= 11 is 0. The molecule has 120 heavy (non-hydrogen) atoms. The zero-order valence-electron chi connectivity index (χ0n) is 89.2. The quantitative estimate of drug-likeness (QED) is 0.251.